The van der Waals surface area contributed by atoms with E-state index >= 15 is 0 Å². The molecule has 7 aromatic rings. The summed E-state index contributed by atoms with van der Waals surface area (Å²) in [5.74, 6) is 0. The normalized spacial score (nSPS) is 16.5. The van der Waals surface area contributed by atoms with Crippen LogP contribution in [0.4, 0.5) is 0 Å². The standard InChI is InChI=1S/C29H26N3O.C15H16N.Ir/c1-16-10-24(31-13-17(16)2)19-9-7-8-18-21-11-23-20(12-25(21)33-26(18)19)22-14-30-15-32-27(22)29(5,6)28(23,3)4;1-15(2,3)13-9-10-14(16-11-13)12-7-5-4-6-8-12;/h7-8,10-15H,1-6H3;4-7,9-11H,1-3H3;/q2*-1;/i1D3,2D3;;. The Balaban J connectivity index is 0.000000263. The molecule has 0 aliphatic heterocycles. The molecule has 0 saturated heterocycles. The van der Waals surface area contributed by atoms with E-state index in [1.54, 1.807) is 12.4 Å². The zero-order chi connectivity index (χ0) is 39.7. The molecule has 0 spiro atoms. The van der Waals surface area contributed by atoms with Crippen molar-refractivity contribution >= 4 is 21.9 Å². The van der Waals surface area contributed by atoms with Crippen LogP contribution >= 0.6 is 0 Å². The molecule has 6 heteroatoms. The molecular weight excluding hydrogens is 793 g/mol. The fourth-order valence-electron chi connectivity index (χ4n) is 6.52. The van der Waals surface area contributed by atoms with Crippen molar-refractivity contribution in [3.63, 3.8) is 0 Å². The summed E-state index contributed by atoms with van der Waals surface area (Å²) < 4.78 is 53.5. The first-order valence-electron chi connectivity index (χ1n) is 19.4. The van der Waals surface area contributed by atoms with Crippen LogP contribution in [0.5, 0.6) is 0 Å². The molecule has 0 bridgehead atoms. The summed E-state index contributed by atoms with van der Waals surface area (Å²) in [6.45, 7) is 10.2. The van der Waals surface area contributed by atoms with Gasteiger partial charge in [0.05, 0.1) is 11.3 Å². The second kappa shape index (κ2) is 13.0. The number of rotatable bonds is 2. The van der Waals surface area contributed by atoms with E-state index in [2.05, 4.69) is 98.7 Å². The van der Waals surface area contributed by atoms with Crippen molar-refractivity contribution in [2.45, 2.75) is 78.4 Å². The molecule has 0 atom stereocenters. The summed E-state index contributed by atoms with van der Waals surface area (Å²) in [6.07, 6.45) is 6.51. The van der Waals surface area contributed by atoms with E-state index in [1.165, 1.54) is 11.6 Å². The monoisotopic (exact) mass is 841 g/mol. The first-order chi connectivity index (χ1) is 25.7. The average Bonchev–Trinajstić information content (AvgIpc) is 3.51. The van der Waals surface area contributed by atoms with E-state index < -0.39 is 13.7 Å². The van der Waals surface area contributed by atoms with E-state index in [9.17, 15) is 0 Å². The molecule has 0 saturated carbocycles. The molecule has 8 rings (SSSR count). The van der Waals surface area contributed by atoms with Crippen LogP contribution in [0.3, 0.4) is 0 Å². The van der Waals surface area contributed by atoms with Crippen molar-refractivity contribution in [1.29, 1.82) is 0 Å². The molecule has 1 aliphatic carbocycles. The topological polar surface area (TPSA) is 64.7 Å². The van der Waals surface area contributed by atoms with Gasteiger partial charge in [0.1, 0.15) is 11.9 Å². The SMILES string of the molecule is CC(C)(C)c1ccc(-c2[c-]cccc2)nc1.[2H]C([2H])([2H])c1cnc(-c2[c-]ccc3c2oc2cc4c(cc23)C(C)(C)C(C)(C)c2ncncc2-4)cc1C([2H])([2H])[2H].[Ir]. The van der Waals surface area contributed by atoms with Crippen LogP contribution in [0, 0.1) is 25.8 Å². The molecule has 1 radical (unpaired) electrons. The quantitative estimate of drug-likeness (QED) is 0.162. The maximum Gasteiger partial charge on any atom is 0.121 e. The van der Waals surface area contributed by atoms with Crippen LogP contribution < -0.4 is 0 Å². The van der Waals surface area contributed by atoms with Gasteiger partial charge in [-0.05, 0) is 64.9 Å². The Bertz CT molecular complexity index is 2550. The zero-order valence-electron chi connectivity index (χ0n) is 35.2. The van der Waals surface area contributed by atoms with Crippen molar-refractivity contribution in [2.24, 2.45) is 0 Å². The van der Waals surface area contributed by atoms with Gasteiger partial charge < -0.3 is 14.4 Å². The van der Waals surface area contributed by atoms with Gasteiger partial charge in [0.25, 0.3) is 0 Å². The predicted octanol–water partition coefficient (Wildman–Crippen LogP) is 10.9. The maximum atomic E-state index is 7.94. The summed E-state index contributed by atoms with van der Waals surface area (Å²) in [4.78, 5) is 17.8. The predicted molar refractivity (Wildman–Crippen MR) is 200 cm³/mol. The van der Waals surface area contributed by atoms with Gasteiger partial charge in [-0.15, -0.1) is 54.1 Å². The van der Waals surface area contributed by atoms with Gasteiger partial charge in [0, 0.05) is 68.7 Å². The van der Waals surface area contributed by atoms with Crippen molar-refractivity contribution in [3.8, 4) is 33.6 Å². The number of aromatic nitrogens is 4. The van der Waals surface area contributed by atoms with E-state index in [4.69, 9.17) is 12.6 Å². The Hall–Kier alpha value is -4.51. The molecule has 0 unspecified atom stereocenters. The third-order valence-corrected chi connectivity index (χ3v) is 10.2. The second-order valence-electron chi connectivity index (χ2n) is 14.7. The van der Waals surface area contributed by atoms with Crippen molar-refractivity contribution in [3.05, 3.63) is 132 Å². The summed E-state index contributed by atoms with van der Waals surface area (Å²) in [6, 6.07) is 27.6. The third-order valence-electron chi connectivity index (χ3n) is 10.2. The minimum absolute atomic E-state index is 0. The molecule has 0 amide bonds. The van der Waals surface area contributed by atoms with Gasteiger partial charge in [-0.3, -0.25) is 0 Å². The number of hydrogen-bond donors (Lipinski definition) is 0. The summed E-state index contributed by atoms with van der Waals surface area (Å²) in [5.41, 5.74) is 8.40. The Morgan fingerprint density at radius 3 is 2.24 bits per heavy atom. The van der Waals surface area contributed by atoms with Crippen molar-refractivity contribution in [2.75, 3.05) is 0 Å². The molecule has 4 heterocycles. The van der Waals surface area contributed by atoms with E-state index in [0.717, 1.165) is 50.6 Å². The number of pyridine rings is 2. The van der Waals surface area contributed by atoms with Crippen LogP contribution in [-0.2, 0) is 36.4 Å². The Labute approximate surface area is 317 Å². The molecule has 0 N–H and O–H groups in total. The first kappa shape index (κ1) is 28.2. The number of aryl methyl sites for hydroxylation is 2. The molecular formula is C44H42IrN4O-2. The smallest absolute Gasteiger partial charge is 0.121 e. The van der Waals surface area contributed by atoms with Crippen LogP contribution in [-0.4, -0.2) is 19.9 Å². The first-order valence-corrected chi connectivity index (χ1v) is 16.4. The van der Waals surface area contributed by atoms with Gasteiger partial charge in [-0.1, -0.05) is 83.2 Å². The van der Waals surface area contributed by atoms with Gasteiger partial charge in [-0.2, -0.15) is 0 Å². The molecule has 255 valence electrons. The Kier molecular flexibility index (Phi) is 7.33. The molecule has 0 fully saturated rings. The largest absolute Gasteiger partial charge is 0.501 e. The molecule has 3 aromatic carbocycles. The molecule has 5 nitrogen and oxygen atoms in total. The molecule has 1 aliphatic rings. The average molecular weight is 841 g/mol. The van der Waals surface area contributed by atoms with Gasteiger partial charge in [-0.25, -0.2) is 9.97 Å². The Morgan fingerprint density at radius 2 is 1.54 bits per heavy atom. The van der Waals surface area contributed by atoms with Gasteiger partial charge in [0.2, 0.25) is 0 Å². The number of fused-ring (bicyclic) bond motifs is 6. The van der Waals surface area contributed by atoms with E-state index in [1.807, 2.05) is 48.8 Å². The third kappa shape index (κ3) is 5.99. The summed E-state index contributed by atoms with van der Waals surface area (Å²) in [7, 11) is 0. The van der Waals surface area contributed by atoms with Gasteiger partial charge in [0.15, 0.2) is 0 Å². The summed E-state index contributed by atoms with van der Waals surface area (Å²) >= 11 is 0. The Morgan fingerprint density at radius 1 is 0.740 bits per heavy atom. The minimum atomic E-state index is -2.63. The van der Waals surface area contributed by atoms with Crippen LogP contribution in [0.2, 0.25) is 0 Å². The van der Waals surface area contributed by atoms with E-state index in [-0.39, 0.29) is 53.2 Å². The number of hydrogen-bond acceptors (Lipinski definition) is 5. The minimum Gasteiger partial charge on any atom is -0.501 e. The number of benzene rings is 3. The fourth-order valence-corrected chi connectivity index (χ4v) is 6.52. The number of nitrogens with zero attached hydrogens (tertiary/aromatic N) is 4. The van der Waals surface area contributed by atoms with Crippen molar-refractivity contribution < 1.29 is 32.7 Å². The van der Waals surface area contributed by atoms with Crippen molar-refractivity contribution in [1.82, 2.24) is 19.9 Å². The second-order valence-corrected chi connectivity index (χ2v) is 14.7. The van der Waals surface area contributed by atoms with Crippen LogP contribution in [0.15, 0.2) is 96.1 Å². The molecule has 4 aromatic heterocycles. The van der Waals surface area contributed by atoms with E-state index in [0.29, 0.717) is 16.7 Å². The maximum absolute atomic E-state index is 7.94. The zero-order valence-corrected chi connectivity index (χ0v) is 31.6. The number of furan rings is 1. The van der Waals surface area contributed by atoms with Crippen LogP contribution in [0.25, 0.3) is 55.6 Å². The fraction of sp³-hybridized carbons (Fsp3) is 0.273. The molecule has 50 heavy (non-hydrogen) atoms. The van der Waals surface area contributed by atoms with Crippen LogP contribution in [0.1, 0.15) is 84.6 Å². The summed E-state index contributed by atoms with van der Waals surface area (Å²) in [5, 5.41) is 1.75. The van der Waals surface area contributed by atoms with Gasteiger partial charge >= 0.3 is 0 Å².